The van der Waals surface area contributed by atoms with Crippen molar-refractivity contribution in [1.82, 2.24) is 10.2 Å². The quantitative estimate of drug-likeness (QED) is 0.798. The minimum absolute atomic E-state index is 0. The zero-order chi connectivity index (χ0) is 14.4. The van der Waals surface area contributed by atoms with Gasteiger partial charge in [0.1, 0.15) is 0 Å². The average molecular weight is 354 g/mol. The molecule has 6 heteroatoms. The predicted octanol–water partition coefficient (Wildman–Crippen LogP) is 2.73. The lowest BCUT2D eigenvalue weighted by Crippen LogP contribution is -2.55. The molecular weight excluding hydrogens is 321 g/mol. The largest absolute Gasteiger partial charge is 0.354 e. The molecule has 0 unspecified atom stereocenters. The van der Waals surface area contributed by atoms with Crippen molar-refractivity contribution in [3.63, 3.8) is 0 Å². The van der Waals surface area contributed by atoms with Gasteiger partial charge < -0.3 is 16.0 Å². The second-order valence-electron chi connectivity index (χ2n) is 6.64. The minimum Gasteiger partial charge on any atom is -0.354 e. The van der Waals surface area contributed by atoms with Crippen molar-refractivity contribution in [2.24, 2.45) is 11.7 Å². The van der Waals surface area contributed by atoms with E-state index >= 15 is 0 Å². The summed E-state index contributed by atoms with van der Waals surface area (Å²) in [6.45, 7) is 6.63. The standard InChI is InChI=1S/C16H31N3O.2ClH/c1-2-19-12-7-14(8-13-19)6-11-18-15(20)16(17)9-4-3-5-10-16;;/h14H,2-13,17H2,1H3,(H,18,20);2*1H. The molecule has 0 aromatic carbocycles. The zero-order valence-corrected chi connectivity index (χ0v) is 15.4. The monoisotopic (exact) mass is 353 g/mol. The number of halogens is 2. The van der Waals surface area contributed by atoms with E-state index in [1.54, 1.807) is 0 Å². The first-order chi connectivity index (χ1) is 9.64. The molecule has 3 N–H and O–H groups in total. The van der Waals surface area contributed by atoms with Gasteiger partial charge in [-0.1, -0.05) is 26.2 Å². The third kappa shape index (κ3) is 6.23. The summed E-state index contributed by atoms with van der Waals surface area (Å²) in [5.74, 6) is 0.862. The fourth-order valence-electron chi connectivity index (χ4n) is 3.57. The zero-order valence-electron chi connectivity index (χ0n) is 13.8. The Labute approximate surface area is 147 Å². The molecule has 1 heterocycles. The fraction of sp³-hybridized carbons (Fsp3) is 0.938. The van der Waals surface area contributed by atoms with Gasteiger partial charge in [0.25, 0.3) is 0 Å². The first kappa shape index (κ1) is 22.0. The van der Waals surface area contributed by atoms with Crippen molar-refractivity contribution >= 4 is 30.7 Å². The fourth-order valence-corrected chi connectivity index (χ4v) is 3.57. The third-order valence-corrected chi connectivity index (χ3v) is 5.19. The van der Waals surface area contributed by atoms with E-state index in [-0.39, 0.29) is 30.7 Å². The molecule has 2 aliphatic rings. The molecule has 1 saturated carbocycles. The molecule has 0 bridgehead atoms. The molecule has 0 aromatic heterocycles. The number of rotatable bonds is 5. The number of nitrogens with two attached hydrogens (primary N) is 1. The van der Waals surface area contributed by atoms with Crippen LogP contribution in [0.4, 0.5) is 0 Å². The first-order valence-electron chi connectivity index (χ1n) is 8.43. The van der Waals surface area contributed by atoms with Gasteiger partial charge in [-0.3, -0.25) is 4.79 Å². The van der Waals surface area contributed by atoms with E-state index in [2.05, 4.69) is 17.1 Å². The summed E-state index contributed by atoms with van der Waals surface area (Å²) in [5.41, 5.74) is 5.66. The van der Waals surface area contributed by atoms with Gasteiger partial charge in [0.15, 0.2) is 0 Å². The molecule has 1 aliphatic heterocycles. The van der Waals surface area contributed by atoms with Gasteiger partial charge in [0.2, 0.25) is 5.91 Å². The molecule has 1 amide bonds. The summed E-state index contributed by atoms with van der Waals surface area (Å²) < 4.78 is 0. The van der Waals surface area contributed by atoms with Crippen LogP contribution in [0.5, 0.6) is 0 Å². The molecule has 1 saturated heterocycles. The van der Waals surface area contributed by atoms with Crippen LogP contribution < -0.4 is 11.1 Å². The normalized spacial score (nSPS) is 22.3. The number of nitrogens with zero attached hydrogens (tertiary/aromatic N) is 1. The first-order valence-corrected chi connectivity index (χ1v) is 8.43. The Morgan fingerprint density at radius 1 is 1.18 bits per heavy atom. The average Bonchev–Trinajstić information content (AvgIpc) is 2.48. The van der Waals surface area contributed by atoms with Gasteiger partial charge >= 0.3 is 0 Å². The molecule has 0 aromatic rings. The number of nitrogens with one attached hydrogen (secondary N) is 1. The summed E-state index contributed by atoms with van der Waals surface area (Å²) in [6.07, 6.45) is 8.79. The molecule has 132 valence electrons. The van der Waals surface area contributed by atoms with Crippen LogP contribution in [-0.2, 0) is 4.79 Å². The van der Waals surface area contributed by atoms with Crippen molar-refractivity contribution in [3.05, 3.63) is 0 Å². The number of hydrogen-bond acceptors (Lipinski definition) is 3. The van der Waals surface area contributed by atoms with Gasteiger partial charge in [-0.05, 0) is 57.7 Å². The highest BCUT2D eigenvalue weighted by Gasteiger charge is 2.34. The summed E-state index contributed by atoms with van der Waals surface area (Å²) in [5, 5.41) is 3.09. The van der Waals surface area contributed by atoms with Crippen LogP contribution in [0.1, 0.15) is 58.3 Å². The van der Waals surface area contributed by atoms with Crippen molar-refractivity contribution in [2.75, 3.05) is 26.2 Å². The van der Waals surface area contributed by atoms with Crippen molar-refractivity contribution in [2.45, 2.75) is 63.8 Å². The Morgan fingerprint density at radius 3 is 2.32 bits per heavy atom. The molecule has 0 atom stereocenters. The van der Waals surface area contributed by atoms with Crippen molar-refractivity contribution in [1.29, 1.82) is 0 Å². The minimum atomic E-state index is -0.580. The molecule has 0 spiro atoms. The lowest BCUT2D eigenvalue weighted by molar-refractivity contribution is -0.127. The van der Waals surface area contributed by atoms with Crippen LogP contribution in [0.2, 0.25) is 0 Å². The topological polar surface area (TPSA) is 58.4 Å². The molecular formula is C16H33Cl2N3O. The lowest BCUT2D eigenvalue weighted by Gasteiger charge is -2.33. The summed E-state index contributed by atoms with van der Waals surface area (Å²) in [4.78, 5) is 14.7. The van der Waals surface area contributed by atoms with Gasteiger partial charge in [0, 0.05) is 6.54 Å². The van der Waals surface area contributed by atoms with Gasteiger partial charge in [-0.2, -0.15) is 0 Å². The summed E-state index contributed by atoms with van der Waals surface area (Å²) in [7, 11) is 0. The Bertz CT molecular complexity index is 315. The van der Waals surface area contributed by atoms with Gasteiger partial charge in [-0.15, -0.1) is 24.8 Å². The van der Waals surface area contributed by atoms with Crippen molar-refractivity contribution in [3.8, 4) is 0 Å². The van der Waals surface area contributed by atoms with E-state index in [4.69, 9.17) is 5.73 Å². The van der Waals surface area contributed by atoms with E-state index in [0.29, 0.717) is 0 Å². The van der Waals surface area contributed by atoms with Crippen LogP contribution in [-0.4, -0.2) is 42.5 Å². The second kappa shape index (κ2) is 10.7. The number of carbonyl (C=O) groups is 1. The maximum absolute atomic E-state index is 12.2. The number of carbonyl (C=O) groups excluding carboxylic acids is 1. The van der Waals surface area contributed by atoms with Gasteiger partial charge in [-0.25, -0.2) is 0 Å². The lowest BCUT2D eigenvalue weighted by atomic mass is 9.82. The number of hydrogen-bond donors (Lipinski definition) is 2. The van der Waals surface area contributed by atoms with Crippen LogP contribution in [0.25, 0.3) is 0 Å². The Hall–Kier alpha value is -0.0300. The number of amides is 1. The highest BCUT2D eigenvalue weighted by Crippen LogP contribution is 2.26. The molecule has 1 aliphatic carbocycles. The van der Waals surface area contributed by atoms with Crippen molar-refractivity contribution < 1.29 is 4.79 Å². The predicted molar refractivity (Wildman–Crippen MR) is 97.0 cm³/mol. The van der Waals surface area contributed by atoms with Crippen LogP contribution in [0.15, 0.2) is 0 Å². The van der Waals surface area contributed by atoms with E-state index < -0.39 is 5.54 Å². The molecule has 0 radical (unpaired) electrons. The van der Waals surface area contributed by atoms with E-state index in [9.17, 15) is 4.79 Å². The highest BCUT2D eigenvalue weighted by molar-refractivity contribution is 5.86. The Kier molecular flexibility index (Phi) is 10.7. The smallest absolute Gasteiger partial charge is 0.240 e. The second-order valence-corrected chi connectivity index (χ2v) is 6.64. The maximum Gasteiger partial charge on any atom is 0.240 e. The van der Waals surface area contributed by atoms with E-state index in [1.807, 2.05) is 0 Å². The van der Waals surface area contributed by atoms with Crippen LogP contribution in [0, 0.1) is 5.92 Å². The summed E-state index contributed by atoms with van der Waals surface area (Å²) >= 11 is 0. The van der Waals surface area contributed by atoms with E-state index in [1.165, 1.54) is 38.9 Å². The number of likely N-dealkylation sites (tertiary alicyclic amines) is 1. The molecule has 2 fully saturated rings. The molecule has 4 nitrogen and oxygen atoms in total. The van der Waals surface area contributed by atoms with Gasteiger partial charge in [0.05, 0.1) is 5.54 Å². The van der Waals surface area contributed by atoms with E-state index in [0.717, 1.165) is 44.6 Å². The molecule has 22 heavy (non-hydrogen) atoms. The Balaban J connectivity index is 0.00000220. The number of piperidine rings is 1. The Morgan fingerprint density at radius 2 is 1.77 bits per heavy atom. The molecule has 2 rings (SSSR count). The summed E-state index contributed by atoms with van der Waals surface area (Å²) in [6, 6.07) is 0. The van der Waals surface area contributed by atoms with Crippen LogP contribution in [0.3, 0.4) is 0 Å². The SMILES string of the molecule is CCN1CCC(CCNC(=O)C2(N)CCCCC2)CC1.Cl.Cl. The highest BCUT2D eigenvalue weighted by atomic mass is 35.5. The maximum atomic E-state index is 12.2. The van der Waals surface area contributed by atoms with Crippen LogP contribution >= 0.6 is 24.8 Å². The third-order valence-electron chi connectivity index (χ3n) is 5.19.